The normalized spacial score (nSPS) is 11.6. The van der Waals surface area contributed by atoms with Gasteiger partial charge >= 0.3 is 6.09 Å². The summed E-state index contributed by atoms with van der Waals surface area (Å²) in [5.41, 5.74) is 1.38. The average Bonchev–Trinajstić information content (AvgIpc) is 2.64. The van der Waals surface area contributed by atoms with E-state index < -0.39 is 11.7 Å². The van der Waals surface area contributed by atoms with Crippen molar-refractivity contribution in [3.8, 4) is 0 Å². The van der Waals surface area contributed by atoms with E-state index in [-0.39, 0.29) is 5.91 Å². The van der Waals surface area contributed by atoms with Crippen LogP contribution in [0.5, 0.6) is 0 Å². The molecule has 0 spiro atoms. The Bertz CT molecular complexity index is 666. The van der Waals surface area contributed by atoms with Crippen molar-refractivity contribution >= 4 is 23.6 Å². The molecular weight excluding hydrogens is 370 g/mol. The fourth-order valence-corrected chi connectivity index (χ4v) is 2.36. The van der Waals surface area contributed by atoms with Crippen LogP contribution in [0.2, 0.25) is 0 Å². The highest BCUT2D eigenvalue weighted by molar-refractivity contribution is 5.90. The van der Waals surface area contributed by atoms with E-state index in [1.807, 2.05) is 52.0 Å². The van der Waals surface area contributed by atoms with E-state index in [4.69, 9.17) is 4.74 Å². The second-order valence-corrected chi connectivity index (χ2v) is 7.63. The first kappa shape index (κ1) is 24.3. The van der Waals surface area contributed by atoms with E-state index in [0.29, 0.717) is 32.0 Å². The standard InChI is InChI=1S/C21H35N5O3/c1-6-8-18(27)26-17-11-9-16(10-12-17)15-25-19(22-5)23-13-7-14-24-20(28)29-21(2,3)4/h9-12H,6-8,13-15H2,1-5H3,(H,24,28)(H,26,27)(H2,22,23,25). The first-order chi connectivity index (χ1) is 13.7. The molecule has 0 fully saturated rings. The maximum Gasteiger partial charge on any atom is 0.407 e. The predicted octanol–water partition coefficient (Wildman–Crippen LogP) is 3.01. The van der Waals surface area contributed by atoms with Crippen LogP contribution in [0.1, 0.15) is 52.5 Å². The van der Waals surface area contributed by atoms with Crippen LogP contribution in [0.15, 0.2) is 29.3 Å². The minimum absolute atomic E-state index is 0.0316. The molecule has 0 bridgehead atoms. The van der Waals surface area contributed by atoms with Crippen LogP contribution in [0.25, 0.3) is 0 Å². The quantitative estimate of drug-likeness (QED) is 0.287. The van der Waals surface area contributed by atoms with E-state index in [9.17, 15) is 9.59 Å². The molecule has 1 aromatic rings. The zero-order valence-electron chi connectivity index (χ0n) is 18.2. The first-order valence-corrected chi connectivity index (χ1v) is 10.0. The molecule has 2 amide bonds. The summed E-state index contributed by atoms with van der Waals surface area (Å²) in [6.45, 7) is 9.27. The molecule has 0 heterocycles. The molecule has 0 aliphatic carbocycles. The number of hydrogen-bond acceptors (Lipinski definition) is 4. The maximum absolute atomic E-state index is 11.6. The van der Waals surface area contributed by atoms with Crippen LogP contribution in [0, 0.1) is 0 Å². The largest absolute Gasteiger partial charge is 0.444 e. The molecule has 8 heteroatoms. The van der Waals surface area contributed by atoms with Gasteiger partial charge in [0.2, 0.25) is 5.91 Å². The second kappa shape index (κ2) is 12.6. The minimum atomic E-state index is -0.492. The van der Waals surface area contributed by atoms with Gasteiger partial charge in [-0.25, -0.2) is 4.79 Å². The van der Waals surface area contributed by atoms with Gasteiger partial charge in [-0.3, -0.25) is 9.79 Å². The summed E-state index contributed by atoms with van der Waals surface area (Å²) in [6, 6.07) is 7.71. The van der Waals surface area contributed by atoms with Crippen molar-refractivity contribution in [1.29, 1.82) is 0 Å². The van der Waals surface area contributed by atoms with E-state index in [1.54, 1.807) is 7.05 Å². The number of amides is 2. The number of carbonyl (C=O) groups excluding carboxylic acids is 2. The fraction of sp³-hybridized carbons (Fsp3) is 0.571. The third-order valence-corrected chi connectivity index (χ3v) is 3.71. The molecule has 8 nitrogen and oxygen atoms in total. The molecule has 29 heavy (non-hydrogen) atoms. The van der Waals surface area contributed by atoms with Crippen molar-refractivity contribution in [2.24, 2.45) is 4.99 Å². The van der Waals surface area contributed by atoms with Crippen molar-refractivity contribution < 1.29 is 14.3 Å². The van der Waals surface area contributed by atoms with E-state index in [0.717, 1.165) is 24.1 Å². The van der Waals surface area contributed by atoms with Crippen LogP contribution in [-0.4, -0.2) is 43.7 Å². The molecule has 162 valence electrons. The predicted molar refractivity (Wildman–Crippen MR) is 117 cm³/mol. The Kier molecular flexibility index (Phi) is 10.6. The number of anilines is 1. The summed E-state index contributed by atoms with van der Waals surface area (Å²) in [7, 11) is 1.71. The summed E-state index contributed by atoms with van der Waals surface area (Å²) in [5, 5.41) is 12.0. The van der Waals surface area contributed by atoms with Crippen molar-refractivity contribution in [2.75, 3.05) is 25.5 Å². The smallest absolute Gasteiger partial charge is 0.407 e. The number of ether oxygens (including phenoxy) is 1. The molecule has 0 saturated carbocycles. The molecule has 0 aliphatic rings. The molecule has 4 N–H and O–H groups in total. The monoisotopic (exact) mass is 405 g/mol. The number of carbonyl (C=O) groups is 2. The van der Waals surface area contributed by atoms with Crippen molar-refractivity contribution in [3.63, 3.8) is 0 Å². The van der Waals surface area contributed by atoms with Gasteiger partial charge in [-0.1, -0.05) is 19.1 Å². The number of alkyl carbamates (subject to hydrolysis) is 1. The molecule has 0 aromatic heterocycles. The summed E-state index contributed by atoms with van der Waals surface area (Å²) in [4.78, 5) is 27.4. The van der Waals surface area contributed by atoms with Crippen molar-refractivity contribution in [2.45, 2.75) is 59.1 Å². The highest BCUT2D eigenvalue weighted by Gasteiger charge is 2.15. The highest BCUT2D eigenvalue weighted by atomic mass is 16.6. The maximum atomic E-state index is 11.6. The lowest BCUT2D eigenvalue weighted by Gasteiger charge is -2.19. The number of aliphatic imine (C=N–C) groups is 1. The number of benzene rings is 1. The Morgan fingerprint density at radius 1 is 1.03 bits per heavy atom. The van der Waals surface area contributed by atoms with Crippen LogP contribution >= 0.6 is 0 Å². The number of nitrogens with one attached hydrogen (secondary N) is 4. The molecule has 1 rings (SSSR count). The van der Waals surface area contributed by atoms with E-state index in [2.05, 4.69) is 26.3 Å². The van der Waals surface area contributed by atoms with Gasteiger partial charge in [0.15, 0.2) is 5.96 Å². The Hall–Kier alpha value is -2.77. The van der Waals surface area contributed by atoms with Gasteiger partial charge in [0.05, 0.1) is 0 Å². The van der Waals surface area contributed by atoms with Crippen LogP contribution in [-0.2, 0) is 16.1 Å². The van der Waals surface area contributed by atoms with Gasteiger partial charge in [-0.05, 0) is 51.3 Å². The molecule has 0 atom stereocenters. The van der Waals surface area contributed by atoms with Gasteiger partial charge in [0.25, 0.3) is 0 Å². The molecule has 0 aliphatic heterocycles. The summed E-state index contributed by atoms with van der Waals surface area (Å²) in [6.07, 6.45) is 1.69. The number of hydrogen-bond donors (Lipinski definition) is 4. The number of nitrogens with zero attached hydrogens (tertiary/aromatic N) is 1. The Balaban J connectivity index is 2.27. The topological polar surface area (TPSA) is 104 Å². The summed E-state index contributed by atoms with van der Waals surface area (Å²) in [5.74, 6) is 0.715. The SMILES string of the molecule is CCCC(=O)Nc1ccc(CNC(=NC)NCCCNC(=O)OC(C)(C)C)cc1. The third kappa shape index (κ3) is 11.6. The van der Waals surface area contributed by atoms with E-state index >= 15 is 0 Å². The van der Waals surface area contributed by atoms with Gasteiger partial charge in [0.1, 0.15) is 5.60 Å². The molecule has 0 radical (unpaired) electrons. The van der Waals surface area contributed by atoms with Gasteiger partial charge < -0.3 is 26.0 Å². The van der Waals surface area contributed by atoms with Gasteiger partial charge in [-0.2, -0.15) is 0 Å². The van der Waals surface area contributed by atoms with E-state index in [1.165, 1.54) is 0 Å². The lowest BCUT2D eigenvalue weighted by atomic mass is 10.2. The van der Waals surface area contributed by atoms with Gasteiger partial charge in [0, 0.05) is 38.8 Å². The zero-order valence-corrected chi connectivity index (χ0v) is 18.2. The Labute approximate surface area is 173 Å². The second-order valence-electron chi connectivity index (χ2n) is 7.63. The molecular formula is C21H35N5O3. The third-order valence-electron chi connectivity index (χ3n) is 3.71. The Morgan fingerprint density at radius 2 is 1.69 bits per heavy atom. The highest BCUT2D eigenvalue weighted by Crippen LogP contribution is 2.10. The molecule has 1 aromatic carbocycles. The first-order valence-electron chi connectivity index (χ1n) is 10.0. The van der Waals surface area contributed by atoms with Crippen molar-refractivity contribution in [1.82, 2.24) is 16.0 Å². The summed E-state index contributed by atoms with van der Waals surface area (Å²) < 4.78 is 5.19. The molecule has 0 unspecified atom stereocenters. The minimum Gasteiger partial charge on any atom is -0.444 e. The lowest BCUT2D eigenvalue weighted by molar-refractivity contribution is -0.116. The fourth-order valence-electron chi connectivity index (χ4n) is 2.36. The van der Waals surface area contributed by atoms with Gasteiger partial charge in [-0.15, -0.1) is 0 Å². The number of guanidine groups is 1. The zero-order chi connectivity index (χ0) is 21.7. The van der Waals surface area contributed by atoms with Crippen LogP contribution in [0.3, 0.4) is 0 Å². The van der Waals surface area contributed by atoms with Crippen LogP contribution in [0.4, 0.5) is 10.5 Å². The average molecular weight is 406 g/mol. The van der Waals surface area contributed by atoms with Crippen molar-refractivity contribution in [3.05, 3.63) is 29.8 Å². The molecule has 0 saturated heterocycles. The number of rotatable bonds is 9. The van der Waals surface area contributed by atoms with Crippen LogP contribution < -0.4 is 21.3 Å². The Morgan fingerprint density at radius 3 is 2.28 bits per heavy atom. The summed E-state index contributed by atoms with van der Waals surface area (Å²) >= 11 is 0. The lowest BCUT2D eigenvalue weighted by Crippen LogP contribution is -2.39.